The number of amides is 5. The molecule has 5 rings (SSSR count). The third-order valence-corrected chi connectivity index (χ3v) is 11.7. The van der Waals surface area contributed by atoms with Crippen LogP contribution in [0.25, 0.3) is 16.7 Å². The van der Waals surface area contributed by atoms with Gasteiger partial charge in [0.15, 0.2) is 9.84 Å². The topological polar surface area (TPSA) is 263 Å². The van der Waals surface area contributed by atoms with E-state index in [1.165, 1.54) is 39.1 Å². The number of hydrogen-bond donors (Lipinski definition) is 8. The van der Waals surface area contributed by atoms with Gasteiger partial charge >= 0.3 is 0 Å². The van der Waals surface area contributed by atoms with Crippen molar-refractivity contribution in [2.24, 2.45) is 11.5 Å². The van der Waals surface area contributed by atoms with Crippen LogP contribution in [0, 0.1) is 0 Å². The largest absolute Gasteiger partial charge is 0.507 e. The minimum Gasteiger partial charge on any atom is -0.507 e. The first-order valence-electron chi connectivity index (χ1n) is 20.3. The summed E-state index contributed by atoms with van der Waals surface area (Å²) in [6, 6.07) is 13.1. The Morgan fingerprint density at radius 3 is 2.29 bits per heavy atom. The molecule has 10 N–H and O–H groups in total. The molecule has 3 aromatic rings. The quantitative estimate of drug-likeness (QED) is 0.0914. The molecular weight excluding hydrogens is 850 g/mol. The highest BCUT2D eigenvalue weighted by molar-refractivity contribution is 7.93. The molecule has 1 aliphatic heterocycles. The van der Waals surface area contributed by atoms with Crippen LogP contribution in [0.3, 0.4) is 0 Å². The Morgan fingerprint density at radius 2 is 1.65 bits per heavy atom. The minimum absolute atomic E-state index is 0.0312. The molecule has 1 aliphatic carbocycles. The Labute approximate surface area is 371 Å². The number of fused-ring (bicyclic) bond motifs is 4. The minimum atomic E-state index is -3.57. The van der Waals surface area contributed by atoms with Crippen LogP contribution in [0.2, 0.25) is 5.02 Å². The van der Waals surface area contributed by atoms with Crippen LogP contribution < -0.4 is 32.7 Å². The highest BCUT2D eigenvalue weighted by atomic mass is 35.5. The van der Waals surface area contributed by atoms with Gasteiger partial charge in [-0.15, -0.1) is 0 Å². The highest BCUT2D eigenvalue weighted by Gasteiger charge is 2.38. The first kappa shape index (κ1) is 48.2. The Hall–Kier alpha value is -5.85. The van der Waals surface area contributed by atoms with E-state index in [9.17, 15) is 42.6 Å². The first-order valence-corrected chi connectivity index (χ1v) is 22.7. The lowest BCUT2D eigenvalue weighted by molar-refractivity contribution is -0.141. The SMILES string of the molecule is C[C@@H]1NC(=O)[C@@H](N(C)C(=O)[C@H](CCCCN)NC(=O)c2ccc(-c3ccc(Cl)cc3)cc2)c2ccc(O)c(c2)C2=CC(=CCC2(C)O)C[C@@H](C(=O)N[C@@H](N)/C=C/S(C)(=O)=O)NC1=O. The van der Waals surface area contributed by atoms with Crippen LogP contribution >= 0.6 is 11.6 Å². The summed E-state index contributed by atoms with van der Waals surface area (Å²) in [5.41, 5.74) is 13.3. The van der Waals surface area contributed by atoms with Crippen molar-refractivity contribution in [3.63, 3.8) is 0 Å². The summed E-state index contributed by atoms with van der Waals surface area (Å²) in [6.07, 6.45) is 5.11. The third kappa shape index (κ3) is 12.6. The lowest BCUT2D eigenvalue weighted by Crippen LogP contribution is -2.56. The number of unbranched alkanes of at least 4 members (excludes halogenated alkanes) is 1. The average Bonchev–Trinajstić information content (AvgIpc) is 3.23. The van der Waals surface area contributed by atoms with Gasteiger partial charge in [-0.25, -0.2) is 8.42 Å². The smallest absolute Gasteiger partial charge is 0.251 e. The standard InChI is InChI=1S/C45H54ClN7O9S/c1-26-40(55)51-36(42(57)52-38(48)19-22-63(4,61)62)24-27-18-20-45(2,60)34(23-27)33-25-31(14-17-37(33)54)39(43(58)49-26)53(3)44(59)35(7-5-6-21-47)50-41(56)30-10-8-28(9-11-30)29-12-15-32(46)16-13-29/h8-19,22-23,25-26,35-36,38-39,54,60H,5-7,20-21,24,47-48H2,1-4H3,(H,49,58)(H,50,56)(H,51,55)(H,52,57)/b22-19+/t26-,35-,36-,38+,39-,45?/m0/s1. The zero-order valence-corrected chi connectivity index (χ0v) is 37.0. The van der Waals surface area contributed by atoms with Gasteiger partial charge in [-0.05, 0) is 116 Å². The number of nitrogens with one attached hydrogen (secondary N) is 4. The van der Waals surface area contributed by atoms with Crippen LogP contribution in [0.15, 0.2) is 95.9 Å². The molecule has 3 aromatic carbocycles. The summed E-state index contributed by atoms with van der Waals surface area (Å²) in [5.74, 6) is -3.79. The second-order valence-electron chi connectivity index (χ2n) is 16.0. The van der Waals surface area contributed by atoms with E-state index in [0.29, 0.717) is 30.0 Å². The number of nitrogens with zero attached hydrogens (tertiary/aromatic N) is 1. The second-order valence-corrected chi connectivity index (χ2v) is 18.4. The van der Waals surface area contributed by atoms with E-state index in [-0.39, 0.29) is 47.3 Å². The van der Waals surface area contributed by atoms with Crippen LogP contribution in [-0.4, -0.2) is 103 Å². The third-order valence-electron chi connectivity index (χ3n) is 10.8. The zero-order chi connectivity index (χ0) is 46.2. The van der Waals surface area contributed by atoms with Gasteiger partial charge in [-0.1, -0.05) is 54.1 Å². The van der Waals surface area contributed by atoms with E-state index in [0.717, 1.165) is 33.8 Å². The predicted octanol–water partition coefficient (Wildman–Crippen LogP) is 2.96. The molecule has 0 saturated carbocycles. The van der Waals surface area contributed by atoms with Crippen LogP contribution in [-0.2, 0) is 29.0 Å². The summed E-state index contributed by atoms with van der Waals surface area (Å²) < 4.78 is 23.3. The van der Waals surface area contributed by atoms with Crippen molar-refractivity contribution in [3.8, 4) is 16.9 Å². The molecule has 0 spiro atoms. The zero-order valence-electron chi connectivity index (χ0n) is 35.4. The normalized spacial score (nSPS) is 21.4. The maximum absolute atomic E-state index is 14.6. The van der Waals surface area contributed by atoms with E-state index in [4.69, 9.17) is 23.1 Å². The number of likely N-dealkylation sites (N-methyl/N-ethyl adjacent to an activating group) is 1. The number of carbonyl (C=O) groups excluding carboxylic acids is 5. The molecular formula is C45H54ClN7O9S. The number of benzene rings is 3. The van der Waals surface area contributed by atoms with E-state index in [2.05, 4.69) is 21.3 Å². The van der Waals surface area contributed by atoms with Crippen molar-refractivity contribution in [2.45, 2.75) is 81.9 Å². The molecule has 0 aromatic heterocycles. The maximum Gasteiger partial charge on any atom is 0.251 e. The van der Waals surface area contributed by atoms with Gasteiger partial charge in [-0.2, -0.15) is 0 Å². The van der Waals surface area contributed by atoms with Gasteiger partial charge in [0.25, 0.3) is 5.91 Å². The number of nitrogens with two attached hydrogens (primary N) is 2. The number of aliphatic hydroxyl groups is 1. The molecule has 0 fully saturated rings. The predicted molar refractivity (Wildman–Crippen MR) is 240 cm³/mol. The molecule has 0 radical (unpaired) electrons. The number of aromatic hydroxyl groups is 1. The fraction of sp³-hybridized carbons (Fsp3) is 0.356. The van der Waals surface area contributed by atoms with Gasteiger partial charge < -0.3 is 47.8 Å². The molecule has 5 amide bonds. The Kier molecular flexibility index (Phi) is 15.7. The Balaban J connectivity index is 1.50. The number of sulfone groups is 1. The number of halogens is 1. The van der Waals surface area contributed by atoms with Gasteiger partial charge in [0.1, 0.15) is 29.9 Å². The van der Waals surface area contributed by atoms with E-state index >= 15 is 0 Å². The van der Waals surface area contributed by atoms with E-state index < -0.39 is 75.3 Å². The number of hydrogen-bond acceptors (Lipinski definition) is 11. The van der Waals surface area contributed by atoms with Crippen molar-refractivity contribution in [3.05, 3.63) is 118 Å². The van der Waals surface area contributed by atoms with Crippen molar-refractivity contribution in [1.82, 2.24) is 26.2 Å². The van der Waals surface area contributed by atoms with Gasteiger partial charge in [-0.3, -0.25) is 24.0 Å². The van der Waals surface area contributed by atoms with Gasteiger partial charge in [0, 0.05) is 41.3 Å². The number of allylic oxidation sites excluding steroid dienone is 1. The first-order chi connectivity index (χ1) is 29.7. The number of rotatable bonds is 13. The van der Waals surface area contributed by atoms with E-state index in [1.54, 1.807) is 48.6 Å². The van der Waals surface area contributed by atoms with Gasteiger partial charge in [0.2, 0.25) is 23.6 Å². The highest BCUT2D eigenvalue weighted by Crippen LogP contribution is 2.41. The summed E-state index contributed by atoms with van der Waals surface area (Å²) in [6.45, 7) is 3.25. The summed E-state index contributed by atoms with van der Waals surface area (Å²) >= 11 is 6.04. The number of phenols is 1. The molecule has 2 aliphatic rings. The summed E-state index contributed by atoms with van der Waals surface area (Å²) in [4.78, 5) is 71.2. The number of phenolic OH excluding ortho intramolecular Hbond substituents is 1. The molecule has 0 saturated heterocycles. The second kappa shape index (κ2) is 20.6. The Morgan fingerprint density at radius 1 is 1.00 bits per heavy atom. The number of carbonyl (C=O) groups is 5. The van der Waals surface area contributed by atoms with Crippen LogP contribution in [0.5, 0.6) is 5.75 Å². The summed E-state index contributed by atoms with van der Waals surface area (Å²) in [7, 11) is -2.19. The lowest BCUT2D eigenvalue weighted by Gasteiger charge is -2.34. The van der Waals surface area contributed by atoms with Gasteiger partial charge in [0.05, 0.1) is 11.8 Å². The van der Waals surface area contributed by atoms with Crippen molar-refractivity contribution < 1.29 is 42.6 Å². The van der Waals surface area contributed by atoms with Crippen LogP contribution in [0.4, 0.5) is 0 Å². The molecule has 1 heterocycles. The molecule has 1 unspecified atom stereocenters. The molecule has 336 valence electrons. The van der Waals surface area contributed by atoms with Crippen molar-refractivity contribution in [2.75, 3.05) is 19.8 Å². The van der Waals surface area contributed by atoms with Crippen molar-refractivity contribution in [1.29, 1.82) is 0 Å². The van der Waals surface area contributed by atoms with Crippen LogP contribution in [0.1, 0.15) is 73.5 Å². The lowest BCUT2D eigenvalue weighted by atomic mass is 9.79. The molecule has 16 nitrogen and oxygen atoms in total. The fourth-order valence-electron chi connectivity index (χ4n) is 7.30. The van der Waals surface area contributed by atoms with Crippen molar-refractivity contribution >= 4 is 56.5 Å². The molecule has 6 atom stereocenters. The average molecular weight is 904 g/mol. The molecule has 4 bridgehead atoms. The molecule has 63 heavy (non-hydrogen) atoms. The summed E-state index contributed by atoms with van der Waals surface area (Å²) in [5, 5.41) is 34.9. The monoisotopic (exact) mass is 903 g/mol. The van der Waals surface area contributed by atoms with E-state index in [1.807, 2.05) is 12.1 Å². The Bertz CT molecular complexity index is 2420. The molecule has 18 heteroatoms. The fourth-order valence-corrected chi connectivity index (χ4v) is 7.88. The maximum atomic E-state index is 14.6.